The molecule has 18 heteroatoms. The average molecular weight is 944 g/mol. The van der Waals surface area contributed by atoms with Crippen LogP contribution in [0.3, 0.4) is 0 Å². The van der Waals surface area contributed by atoms with Crippen molar-refractivity contribution in [1.82, 2.24) is 16.0 Å². The first-order chi connectivity index (χ1) is 31.5. The predicted molar refractivity (Wildman–Crippen MR) is 248 cm³/mol. The predicted octanol–water partition coefficient (Wildman–Crippen LogP) is 6.19. The van der Waals surface area contributed by atoms with Crippen molar-refractivity contribution in [3.05, 3.63) is 0 Å². The smallest absolute Gasteiger partial charge is 0.326 e. The number of rotatable bonds is 47. The molecule has 0 fully saturated rings. The third kappa shape index (κ3) is 40.3. The molecule has 382 valence electrons. The molecule has 0 aliphatic heterocycles. The van der Waals surface area contributed by atoms with Gasteiger partial charge in [0.1, 0.15) is 30.8 Å². The molecule has 0 saturated carbocycles. The van der Waals surface area contributed by atoms with Crippen LogP contribution in [0.5, 0.6) is 0 Å². The van der Waals surface area contributed by atoms with E-state index < -0.39 is 35.3 Å². The summed E-state index contributed by atoms with van der Waals surface area (Å²) < 4.78 is 21.4. The number of carbonyl (C=O) groups is 8. The number of carboxylic acids is 3. The van der Waals surface area contributed by atoms with Crippen LogP contribution in [0.25, 0.3) is 0 Å². The number of hydrogen-bond acceptors (Lipinski definition) is 12. The van der Waals surface area contributed by atoms with Gasteiger partial charge in [-0.1, -0.05) is 104 Å². The summed E-state index contributed by atoms with van der Waals surface area (Å²) >= 11 is 0. The van der Waals surface area contributed by atoms with Crippen molar-refractivity contribution in [1.29, 1.82) is 0 Å². The molecule has 3 amide bonds. The monoisotopic (exact) mass is 944 g/mol. The highest BCUT2D eigenvalue weighted by molar-refractivity contribution is 5.87. The fraction of sp³-hybridized carbons (Fsp3) is 0.833. The van der Waals surface area contributed by atoms with Crippen LogP contribution < -0.4 is 16.0 Å². The standard InChI is InChI=1S/C48H85N3O15/c1-48(2,3)41(53)35-38(46(59)60)21-18-19-27-49-43(55)36-66-34-32-64-30-28-50-44(56)37-65-33-31-63-29-20-22-39(52)25-26-40(47(61)62)51-42(54)23-16-14-12-10-8-6-4-5-7-9-11-13-15-17-24-45(57)58/h38,40H,4-37H2,1-3H3,(H,49,55)(H,50,56)(H,51,54)(H,57,58)(H,59,60)(H,61,62)/t38-,40+/m1/s1. The van der Waals surface area contributed by atoms with E-state index in [4.69, 9.17) is 24.1 Å². The van der Waals surface area contributed by atoms with Crippen LogP contribution in [0.15, 0.2) is 0 Å². The van der Waals surface area contributed by atoms with E-state index in [0.29, 0.717) is 45.3 Å². The van der Waals surface area contributed by atoms with E-state index in [-0.39, 0.29) is 121 Å². The number of carbonyl (C=O) groups excluding carboxylic acids is 5. The van der Waals surface area contributed by atoms with Gasteiger partial charge in [-0.25, -0.2) is 4.79 Å². The lowest BCUT2D eigenvalue weighted by Gasteiger charge is -2.19. The van der Waals surface area contributed by atoms with E-state index in [1.807, 2.05) is 0 Å². The van der Waals surface area contributed by atoms with Crippen LogP contribution in [-0.4, -0.2) is 135 Å². The summed E-state index contributed by atoms with van der Waals surface area (Å²) in [6.45, 7) is 6.95. The fourth-order valence-electron chi connectivity index (χ4n) is 6.73. The third-order valence-corrected chi connectivity index (χ3v) is 10.8. The molecule has 0 spiro atoms. The summed E-state index contributed by atoms with van der Waals surface area (Å²) in [4.78, 5) is 94.5. The van der Waals surface area contributed by atoms with Gasteiger partial charge in [-0.15, -0.1) is 0 Å². The molecule has 0 unspecified atom stereocenters. The quantitative estimate of drug-likeness (QED) is 0.0372. The zero-order valence-corrected chi connectivity index (χ0v) is 40.4. The van der Waals surface area contributed by atoms with Crippen molar-refractivity contribution in [3.63, 3.8) is 0 Å². The molecule has 2 atom stereocenters. The number of hydrogen-bond donors (Lipinski definition) is 6. The van der Waals surface area contributed by atoms with Crippen LogP contribution in [-0.2, 0) is 57.3 Å². The zero-order valence-electron chi connectivity index (χ0n) is 40.4. The Labute approximate surface area is 393 Å². The second-order valence-corrected chi connectivity index (χ2v) is 17.9. The molecule has 66 heavy (non-hydrogen) atoms. The summed E-state index contributed by atoms with van der Waals surface area (Å²) in [6.07, 6.45) is 17.8. The molecule has 0 aromatic rings. The van der Waals surface area contributed by atoms with Crippen molar-refractivity contribution in [2.75, 3.05) is 65.9 Å². The Morgan fingerprint density at radius 3 is 1.44 bits per heavy atom. The Bertz CT molecular complexity index is 1370. The van der Waals surface area contributed by atoms with E-state index in [9.17, 15) is 48.6 Å². The molecule has 6 N–H and O–H groups in total. The van der Waals surface area contributed by atoms with Gasteiger partial charge in [-0.2, -0.15) is 0 Å². The lowest BCUT2D eigenvalue weighted by Crippen LogP contribution is -2.41. The summed E-state index contributed by atoms with van der Waals surface area (Å²) in [7, 11) is 0. The Morgan fingerprint density at radius 1 is 0.455 bits per heavy atom. The van der Waals surface area contributed by atoms with Crippen molar-refractivity contribution < 1.29 is 72.6 Å². The van der Waals surface area contributed by atoms with Gasteiger partial charge in [-0.05, 0) is 38.5 Å². The topological polar surface area (TPSA) is 270 Å². The van der Waals surface area contributed by atoms with Gasteiger partial charge in [0, 0.05) is 57.2 Å². The third-order valence-electron chi connectivity index (χ3n) is 10.8. The second-order valence-electron chi connectivity index (χ2n) is 17.9. The summed E-state index contributed by atoms with van der Waals surface area (Å²) in [6, 6.07) is -1.11. The molecular weight excluding hydrogens is 859 g/mol. The number of nitrogens with one attached hydrogen (secondary N) is 3. The fourth-order valence-corrected chi connectivity index (χ4v) is 6.73. The van der Waals surface area contributed by atoms with Crippen LogP contribution in [0.4, 0.5) is 0 Å². The van der Waals surface area contributed by atoms with Gasteiger partial charge in [0.2, 0.25) is 17.7 Å². The van der Waals surface area contributed by atoms with Crippen molar-refractivity contribution in [2.24, 2.45) is 11.3 Å². The molecular formula is C48H85N3O15. The molecule has 18 nitrogen and oxygen atoms in total. The SMILES string of the molecule is CC(C)(C)C(=O)C[C@@H](CCCCNC(=O)COCCOCCNC(=O)COCCOCCCC(=O)CC[C@H](NC(=O)CCCCCCCCCCCCCCCCC(=O)O)C(=O)O)C(=O)O. The van der Waals surface area contributed by atoms with Crippen LogP contribution in [0.1, 0.15) is 175 Å². The zero-order chi connectivity index (χ0) is 49.3. The van der Waals surface area contributed by atoms with Gasteiger partial charge in [0.05, 0.1) is 39.0 Å². The number of amides is 3. The number of unbranched alkanes of at least 4 members (excludes halogenated alkanes) is 14. The minimum Gasteiger partial charge on any atom is -0.481 e. The number of ketones is 2. The molecule has 0 heterocycles. The molecule has 0 aromatic carbocycles. The van der Waals surface area contributed by atoms with Crippen molar-refractivity contribution in [2.45, 2.75) is 181 Å². The number of ether oxygens (including phenoxy) is 4. The normalized spacial score (nSPS) is 12.3. The highest BCUT2D eigenvalue weighted by Gasteiger charge is 2.28. The van der Waals surface area contributed by atoms with Gasteiger partial charge < -0.3 is 50.2 Å². The van der Waals surface area contributed by atoms with E-state index in [2.05, 4.69) is 16.0 Å². The van der Waals surface area contributed by atoms with E-state index >= 15 is 0 Å². The maximum Gasteiger partial charge on any atom is 0.326 e. The number of aliphatic carboxylic acids is 3. The molecule has 0 saturated heterocycles. The lowest BCUT2D eigenvalue weighted by atomic mass is 9.84. The number of Topliss-reactive ketones (excluding diaryl/α,β-unsaturated/α-hetero) is 2. The summed E-state index contributed by atoms with van der Waals surface area (Å²) in [5.41, 5.74) is -0.585. The minimum absolute atomic E-state index is 0.00356. The highest BCUT2D eigenvalue weighted by atomic mass is 16.5. The Kier molecular flexibility index (Phi) is 38.7. The largest absolute Gasteiger partial charge is 0.481 e. The molecule has 0 aliphatic carbocycles. The Balaban J connectivity index is 3.71. The van der Waals surface area contributed by atoms with Crippen LogP contribution >= 0.6 is 0 Å². The van der Waals surface area contributed by atoms with Crippen LogP contribution in [0, 0.1) is 11.3 Å². The van der Waals surface area contributed by atoms with Gasteiger partial charge in [0.25, 0.3) is 0 Å². The first kappa shape index (κ1) is 62.0. The maximum absolute atomic E-state index is 12.4. The second kappa shape index (κ2) is 41.2. The Hall–Kier alpha value is -4.00. The van der Waals surface area contributed by atoms with Gasteiger partial charge in [-0.3, -0.25) is 33.6 Å². The summed E-state index contributed by atoms with van der Waals surface area (Å²) in [5, 5.41) is 35.5. The summed E-state index contributed by atoms with van der Waals surface area (Å²) in [5.74, 6) is -4.76. The van der Waals surface area contributed by atoms with E-state index in [0.717, 1.165) is 38.5 Å². The van der Waals surface area contributed by atoms with Gasteiger partial charge in [0.15, 0.2) is 0 Å². The van der Waals surface area contributed by atoms with Crippen molar-refractivity contribution >= 4 is 47.2 Å². The molecule has 0 rings (SSSR count). The average Bonchev–Trinajstić information content (AvgIpc) is 3.25. The minimum atomic E-state index is -1.16. The maximum atomic E-state index is 12.4. The van der Waals surface area contributed by atoms with Crippen molar-refractivity contribution in [3.8, 4) is 0 Å². The lowest BCUT2D eigenvalue weighted by molar-refractivity contribution is -0.145. The molecule has 0 aliphatic rings. The molecule has 0 bridgehead atoms. The van der Waals surface area contributed by atoms with E-state index in [1.165, 1.54) is 44.9 Å². The molecule has 0 aromatic heterocycles. The Morgan fingerprint density at radius 2 is 0.939 bits per heavy atom. The highest BCUT2D eigenvalue weighted by Crippen LogP contribution is 2.23. The van der Waals surface area contributed by atoms with Crippen LogP contribution in [0.2, 0.25) is 0 Å². The first-order valence-electron chi connectivity index (χ1n) is 24.4. The van der Waals surface area contributed by atoms with E-state index in [1.54, 1.807) is 20.8 Å². The molecule has 0 radical (unpaired) electrons. The first-order valence-corrected chi connectivity index (χ1v) is 24.4. The van der Waals surface area contributed by atoms with Gasteiger partial charge >= 0.3 is 17.9 Å². The number of carboxylic acid groups (broad SMARTS) is 3.